The van der Waals surface area contributed by atoms with Gasteiger partial charge in [-0.3, -0.25) is 0 Å². The monoisotopic (exact) mass is 235 g/mol. The second kappa shape index (κ2) is 4.42. The molecule has 1 aromatic carbocycles. The molecule has 1 aromatic rings. The molecule has 0 aliphatic carbocycles. The normalized spacial score (nSPS) is 22.9. The van der Waals surface area contributed by atoms with Crippen LogP contribution in [0.1, 0.15) is 43.5 Å². The summed E-state index contributed by atoms with van der Waals surface area (Å²) in [6.45, 7) is 10.1. The summed E-state index contributed by atoms with van der Waals surface area (Å²) in [5.74, 6) is 1.14. The summed E-state index contributed by atoms with van der Waals surface area (Å²) in [4.78, 5) is 0. The van der Waals surface area contributed by atoms with Crippen LogP contribution < -0.4 is 5.32 Å². The fourth-order valence-corrected chi connectivity index (χ4v) is 3.56. The van der Waals surface area contributed by atoms with Crippen LogP contribution in [0.4, 0.5) is 0 Å². The van der Waals surface area contributed by atoms with Gasteiger partial charge in [0.25, 0.3) is 0 Å². The molecule has 1 nitrogen and oxygen atoms in total. The number of thioether (sulfide) groups is 1. The van der Waals surface area contributed by atoms with Gasteiger partial charge in [-0.25, -0.2) is 0 Å². The number of hydrogen-bond acceptors (Lipinski definition) is 2. The molecular formula is C14H21NS. The van der Waals surface area contributed by atoms with Crippen LogP contribution in [0.3, 0.4) is 0 Å². The first-order valence-electron chi connectivity index (χ1n) is 6.01. The number of hydrogen-bond donors (Lipinski definition) is 1. The first-order chi connectivity index (χ1) is 7.54. The van der Waals surface area contributed by atoms with E-state index < -0.39 is 0 Å². The van der Waals surface area contributed by atoms with E-state index in [9.17, 15) is 0 Å². The van der Waals surface area contributed by atoms with Gasteiger partial charge in [-0.15, -0.1) is 11.8 Å². The van der Waals surface area contributed by atoms with Crippen LogP contribution in [0.25, 0.3) is 0 Å². The Bertz CT molecular complexity index is 384. The van der Waals surface area contributed by atoms with Gasteiger partial charge in [-0.05, 0) is 38.4 Å². The molecule has 0 amide bonds. The van der Waals surface area contributed by atoms with E-state index in [0.717, 1.165) is 12.3 Å². The fraction of sp³-hybridized carbons (Fsp3) is 0.571. The molecule has 1 atom stereocenters. The molecule has 2 heteroatoms. The molecule has 0 fully saturated rings. The van der Waals surface area contributed by atoms with Gasteiger partial charge in [0.2, 0.25) is 0 Å². The average Bonchev–Trinajstić information content (AvgIpc) is 2.23. The van der Waals surface area contributed by atoms with Crippen LogP contribution in [0.15, 0.2) is 18.2 Å². The van der Waals surface area contributed by atoms with E-state index in [-0.39, 0.29) is 4.75 Å². The summed E-state index contributed by atoms with van der Waals surface area (Å²) in [7, 11) is 0. The molecule has 1 heterocycles. The standard InChI is InChI=1S/C14H21NS/c1-5-15-13-12-8-10(2)6-7-11(12)9-16-14(13,3)4/h6-8,13,15H,5,9H2,1-4H3. The van der Waals surface area contributed by atoms with Crippen molar-refractivity contribution >= 4 is 11.8 Å². The van der Waals surface area contributed by atoms with Crippen molar-refractivity contribution in [2.45, 2.75) is 44.2 Å². The molecular weight excluding hydrogens is 214 g/mol. The van der Waals surface area contributed by atoms with Gasteiger partial charge in [-0.1, -0.05) is 30.7 Å². The Morgan fingerprint density at radius 3 is 2.88 bits per heavy atom. The lowest BCUT2D eigenvalue weighted by atomic mass is 9.90. The lowest BCUT2D eigenvalue weighted by Crippen LogP contribution is -2.39. The Balaban J connectivity index is 2.44. The number of fused-ring (bicyclic) bond motifs is 1. The third-order valence-electron chi connectivity index (χ3n) is 3.32. The first kappa shape index (κ1) is 12.0. The van der Waals surface area contributed by atoms with Crippen LogP contribution in [0.5, 0.6) is 0 Å². The molecule has 88 valence electrons. The second-order valence-electron chi connectivity index (χ2n) is 5.09. The molecule has 1 aliphatic rings. The summed E-state index contributed by atoms with van der Waals surface area (Å²) in [5.41, 5.74) is 4.37. The van der Waals surface area contributed by atoms with Crippen LogP contribution in [0, 0.1) is 6.92 Å². The van der Waals surface area contributed by atoms with Crippen LogP contribution in [-0.4, -0.2) is 11.3 Å². The van der Waals surface area contributed by atoms with Gasteiger partial charge in [0.1, 0.15) is 0 Å². The maximum atomic E-state index is 3.64. The summed E-state index contributed by atoms with van der Waals surface area (Å²) in [5, 5.41) is 3.64. The Labute approximate surface area is 103 Å². The van der Waals surface area contributed by atoms with Crippen molar-refractivity contribution < 1.29 is 0 Å². The molecule has 16 heavy (non-hydrogen) atoms. The quantitative estimate of drug-likeness (QED) is 0.839. The predicted octanol–water partition coefficient (Wildman–Crippen LogP) is 3.67. The van der Waals surface area contributed by atoms with Crippen molar-refractivity contribution in [3.05, 3.63) is 34.9 Å². The molecule has 0 aromatic heterocycles. The number of nitrogens with one attached hydrogen (secondary N) is 1. The van der Waals surface area contributed by atoms with Gasteiger partial charge in [0, 0.05) is 16.5 Å². The zero-order valence-corrected chi connectivity index (χ0v) is 11.4. The minimum absolute atomic E-state index is 0.288. The van der Waals surface area contributed by atoms with Crippen LogP contribution >= 0.6 is 11.8 Å². The van der Waals surface area contributed by atoms with Gasteiger partial charge in [0.05, 0.1) is 0 Å². The highest BCUT2D eigenvalue weighted by molar-refractivity contribution is 8.00. The number of aryl methyl sites for hydroxylation is 1. The highest BCUT2D eigenvalue weighted by Gasteiger charge is 2.35. The molecule has 0 spiro atoms. The third-order valence-corrected chi connectivity index (χ3v) is 4.75. The third kappa shape index (κ3) is 2.14. The predicted molar refractivity (Wildman–Crippen MR) is 73.0 cm³/mol. The highest BCUT2D eigenvalue weighted by Crippen LogP contribution is 2.45. The van der Waals surface area contributed by atoms with E-state index in [1.807, 2.05) is 0 Å². The van der Waals surface area contributed by atoms with E-state index in [1.165, 1.54) is 16.7 Å². The number of benzene rings is 1. The lowest BCUT2D eigenvalue weighted by Gasteiger charge is -2.40. The lowest BCUT2D eigenvalue weighted by molar-refractivity contribution is 0.450. The molecule has 1 aliphatic heterocycles. The van der Waals surface area contributed by atoms with E-state index in [1.54, 1.807) is 0 Å². The summed E-state index contributed by atoms with van der Waals surface area (Å²) < 4.78 is 0.288. The average molecular weight is 235 g/mol. The summed E-state index contributed by atoms with van der Waals surface area (Å²) in [6.07, 6.45) is 0. The SMILES string of the molecule is CCNC1c2cc(C)ccc2CSC1(C)C. The molecule has 0 bridgehead atoms. The molecule has 1 N–H and O–H groups in total. The van der Waals surface area contributed by atoms with Crippen molar-refractivity contribution in [2.75, 3.05) is 6.54 Å². The Hall–Kier alpha value is -0.470. The summed E-state index contributed by atoms with van der Waals surface area (Å²) >= 11 is 2.05. The Morgan fingerprint density at radius 1 is 1.44 bits per heavy atom. The summed E-state index contributed by atoms with van der Waals surface area (Å²) in [6, 6.07) is 7.34. The zero-order chi connectivity index (χ0) is 11.8. The van der Waals surface area contributed by atoms with Crippen molar-refractivity contribution in [2.24, 2.45) is 0 Å². The van der Waals surface area contributed by atoms with E-state index in [4.69, 9.17) is 0 Å². The van der Waals surface area contributed by atoms with Crippen molar-refractivity contribution in [3.63, 3.8) is 0 Å². The van der Waals surface area contributed by atoms with Crippen molar-refractivity contribution in [1.82, 2.24) is 5.32 Å². The van der Waals surface area contributed by atoms with E-state index >= 15 is 0 Å². The molecule has 1 unspecified atom stereocenters. The van der Waals surface area contributed by atoms with E-state index in [2.05, 4.69) is 63.0 Å². The topological polar surface area (TPSA) is 12.0 Å². The largest absolute Gasteiger partial charge is 0.309 e. The van der Waals surface area contributed by atoms with Gasteiger partial charge >= 0.3 is 0 Å². The molecule has 2 rings (SSSR count). The van der Waals surface area contributed by atoms with Gasteiger partial charge in [0.15, 0.2) is 0 Å². The first-order valence-corrected chi connectivity index (χ1v) is 7.00. The van der Waals surface area contributed by atoms with Crippen molar-refractivity contribution in [3.8, 4) is 0 Å². The Kier molecular flexibility index (Phi) is 3.32. The molecule has 0 saturated carbocycles. The van der Waals surface area contributed by atoms with E-state index in [0.29, 0.717) is 6.04 Å². The smallest absolute Gasteiger partial charge is 0.0467 e. The minimum Gasteiger partial charge on any atom is -0.309 e. The zero-order valence-electron chi connectivity index (χ0n) is 10.6. The van der Waals surface area contributed by atoms with Crippen LogP contribution in [-0.2, 0) is 5.75 Å². The Morgan fingerprint density at radius 2 is 2.19 bits per heavy atom. The fourth-order valence-electron chi connectivity index (χ4n) is 2.40. The maximum Gasteiger partial charge on any atom is 0.0467 e. The highest BCUT2D eigenvalue weighted by atomic mass is 32.2. The number of rotatable bonds is 2. The molecule has 0 saturated heterocycles. The minimum atomic E-state index is 0.288. The van der Waals surface area contributed by atoms with Gasteiger partial charge < -0.3 is 5.32 Å². The van der Waals surface area contributed by atoms with Gasteiger partial charge in [-0.2, -0.15) is 0 Å². The molecule has 0 radical (unpaired) electrons. The van der Waals surface area contributed by atoms with Crippen molar-refractivity contribution in [1.29, 1.82) is 0 Å². The maximum absolute atomic E-state index is 3.64. The second-order valence-corrected chi connectivity index (χ2v) is 6.71. The van der Waals surface area contributed by atoms with Crippen LogP contribution in [0.2, 0.25) is 0 Å².